The first-order chi connectivity index (χ1) is 10.1. The molecule has 1 fully saturated rings. The van der Waals surface area contributed by atoms with Crippen LogP contribution >= 0.6 is 0 Å². The lowest BCUT2D eigenvalue weighted by molar-refractivity contribution is 0.130. The summed E-state index contributed by atoms with van der Waals surface area (Å²) in [5.41, 5.74) is 0. The molecule has 4 unspecified atom stereocenters. The van der Waals surface area contributed by atoms with Crippen molar-refractivity contribution in [3.63, 3.8) is 0 Å². The van der Waals surface area contributed by atoms with Gasteiger partial charge in [-0.1, -0.05) is 53.9 Å². The van der Waals surface area contributed by atoms with Crippen LogP contribution in [0.4, 0.5) is 0 Å². The zero-order valence-electron chi connectivity index (χ0n) is 15.3. The molecular formula is C19H40N2. The van der Waals surface area contributed by atoms with Crippen LogP contribution in [-0.4, -0.2) is 37.1 Å². The van der Waals surface area contributed by atoms with Crippen molar-refractivity contribution in [3.05, 3.63) is 0 Å². The van der Waals surface area contributed by atoms with Crippen molar-refractivity contribution in [2.75, 3.05) is 26.2 Å². The van der Waals surface area contributed by atoms with Crippen LogP contribution in [0.3, 0.4) is 0 Å². The molecule has 1 rings (SSSR count). The van der Waals surface area contributed by atoms with Gasteiger partial charge in [0.2, 0.25) is 0 Å². The average Bonchev–Trinajstić information content (AvgIpc) is 2.49. The Kier molecular flexibility index (Phi) is 9.59. The zero-order chi connectivity index (χ0) is 15.7. The highest BCUT2D eigenvalue weighted by molar-refractivity contribution is 4.86. The molecule has 0 spiro atoms. The minimum atomic E-state index is 0.758. The largest absolute Gasteiger partial charge is 0.314 e. The van der Waals surface area contributed by atoms with Gasteiger partial charge in [0.1, 0.15) is 0 Å². The van der Waals surface area contributed by atoms with E-state index in [-0.39, 0.29) is 0 Å². The van der Waals surface area contributed by atoms with Gasteiger partial charge >= 0.3 is 0 Å². The third-order valence-electron chi connectivity index (χ3n) is 5.46. The van der Waals surface area contributed by atoms with Crippen LogP contribution in [0, 0.1) is 17.8 Å². The molecule has 0 aliphatic heterocycles. The average molecular weight is 297 g/mol. The Morgan fingerprint density at radius 3 is 2.48 bits per heavy atom. The lowest BCUT2D eigenvalue weighted by Gasteiger charge is -2.39. The highest BCUT2D eigenvalue weighted by Crippen LogP contribution is 2.33. The maximum absolute atomic E-state index is 3.77. The fourth-order valence-electron chi connectivity index (χ4n) is 4.00. The topological polar surface area (TPSA) is 15.3 Å². The maximum atomic E-state index is 3.77. The second-order valence-corrected chi connectivity index (χ2v) is 7.26. The van der Waals surface area contributed by atoms with Gasteiger partial charge in [0.05, 0.1) is 0 Å². The molecule has 0 heterocycles. The summed E-state index contributed by atoms with van der Waals surface area (Å²) in [6, 6.07) is 0.758. The van der Waals surface area contributed by atoms with Crippen LogP contribution in [0.15, 0.2) is 0 Å². The van der Waals surface area contributed by atoms with Crippen molar-refractivity contribution in [2.24, 2.45) is 17.8 Å². The van der Waals surface area contributed by atoms with Gasteiger partial charge in [-0.3, -0.25) is 0 Å². The van der Waals surface area contributed by atoms with E-state index in [1.807, 2.05) is 0 Å². The van der Waals surface area contributed by atoms with Gasteiger partial charge in [-0.25, -0.2) is 0 Å². The van der Waals surface area contributed by atoms with E-state index in [9.17, 15) is 0 Å². The molecule has 2 heteroatoms. The van der Waals surface area contributed by atoms with E-state index in [0.717, 1.165) is 30.3 Å². The first kappa shape index (κ1) is 19.0. The van der Waals surface area contributed by atoms with Crippen LogP contribution in [0.2, 0.25) is 0 Å². The van der Waals surface area contributed by atoms with Crippen LogP contribution < -0.4 is 5.32 Å². The molecule has 0 saturated heterocycles. The van der Waals surface area contributed by atoms with Gasteiger partial charge in [-0.2, -0.15) is 0 Å². The molecule has 0 radical (unpaired) electrons. The molecule has 126 valence electrons. The monoisotopic (exact) mass is 296 g/mol. The van der Waals surface area contributed by atoms with E-state index in [1.54, 1.807) is 0 Å². The number of rotatable bonds is 10. The Morgan fingerprint density at radius 1 is 1.14 bits per heavy atom. The standard InChI is InChI=1S/C19H40N2/c1-6-10-17-11-12-19(20-8-3)18(13-17)15-21(9-4)14-16(5)7-2/h16-20H,6-15H2,1-5H3. The van der Waals surface area contributed by atoms with E-state index in [4.69, 9.17) is 0 Å². The second-order valence-electron chi connectivity index (χ2n) is 7.26. The molecule has 1 saturated carbocycles. The molecule has 1 aliphatic rings. The summed E-state index contributed by atoms with van der Waals surface area (Å²) in [4.78, 5) is 2.71. The molecule has 0 aromatic heterocycles. The normalized spacial score (nSPS) is 28.0. The van der Waals surface area contributed by atoms with Crippen molar-refractivity contribution in [1.82, 2.24) is 10.2 Å². The molecule has 0 amide bonds. The van der Waals surface area contributed by atoms with Crippen molar-refractivity contribution < 1.29 is 0 Å². The summed E-state index contributed by atoms with van der Waals surface area (Å²) in [5, 5.41) is 3.77. The van der Waals surface area contributed by atoms with E-state index >= 15 is 0 Å². The van der Waals surface area contributed by atoms with Gasteiger partial charge in [0.15, 0.2) is 0 Å². The van der Waals surface area contributed by atoms with Crippen LogP contribution in [0.1, 0.15) is 73.1 Å². The summed E-state index contributed by atoms with van der Waals surface area (Å²) in [6.07, 6.45) is 8.38. The SMILES string of the molecule is CCCC1CCC(NCC)C(CN(CC)CC(C)CC)C1. The highest BCUT2D eigenvalue weighted by Gasteiger charge is 2.30. The van der Waals surface area contributed by atoms with E-state index in [2.05, 4.69) is 44.8 Å². The van der Waals surface area contributed by atoms with Crippen LogP contribution in [0.5, 0.6) is 0 Å². The van der Waals surface area contributed by atoms with E-state index in [0.29, 0.717) is 0 Å². The lowest BCUT2D eigenvalue weighted by Crippen LogP contribution is -2.46. The van der Waals surface area contributed by atoms with Gasteiger partial charge in [-0.15, -0.1) is 0 Å². The first-order valence-corrected chi connectivity index (χ1v) is 9.60. The molecular weight excluding hydrogens is 256 g/mol. The van der Waals surface area contributed by atoms with Gasteiger partial charge < -0.3 is 10.2 Å². The quantitative estimate of drug-likeness (QED) is 0.636. The zero-order valence-corrected chi connectivity index (χ0v) is 15.3. The molecule has 0 bridgehead atoms. The predicted octanol–water partition coefficient (Wildman–Crippen LogP) is 4.55. The molecule has 2 nitrogen and oxygen atoms in total. The van der Waals surface area contributed by atoms with Crippen molar-refractivity contribution in [2.45, 2.75) is 79.2 Å². The summed E-state index contributed by atoms with van der Waals surface area (Å²) in [6.45, 7) is 16.5. The Labute approximate surface area is 134 Å². The van der Waals surface area contributed by atoms with E-state index < -0.39 is 0 Å². The number of hydrogen-bond donors (Lipinski definition) is 1. The Balaban J connectivity index is 2.58. The van der Waals surface area contributed by atoms with Gasteiger partial charge in [-0.05, 0) is 50.1 Å². The second kappa shape index (κ2) is 10.6. The molecule has 21 heavy (non-hydrogen) atoms. The van der Waals surface area contributed by atoms with E-state index in [1.165, 1.54) is 58.2 Å². The maximum Gasteiger partial charge on any atom is 0.0108 e. The predicted molar refractivity (Wildman–Crippen MR) is 94.8 cm³/mol. The van der Waals surface area contributed by atoms with Crippen molar-refractivity contribution >= 4 is 0 Å². The van der Waals surface area contributed by atoms with Crippen LogP contribution in [0.25, 0.3) is 0 Å². The number of nitrogens with zero attached hydrogens (tertiary/aromatic N) is 1. The number of nitrogens with one attached hydrogen (secondary N) is 1. The minimum absolute atomic E-state index is 0.758. The fourth-order valence-corrected chi connectivity index (χ4v) is 4.00. The summed E-state index contributed by atoms with van der Waals surface area (Å²) in [7, 11) is 0. The minimum Gasteiger partial charge on any atom is -0.314 e. The summed E-state index contributed by atoms with van der Waals surface area (Å²) in [5.74, 6) is 2.68. The first-order valence-electron chi connectivity index (χ1n) is 9.60. The summed E-state index contributed by atoms with van der Waals surface area (Å²) >= 11 is 0. The molecule has 1 aliphatic carbocycles. The third-order valence-corrected chi connectivity index (χ3v) is 5.46. The molecule has 0 aromatic carbocycles. The fraction of sp³-hybridized carbons (Fsp3) is 1.00. The Morgan fingerprint density at radius 2 is 1.90 bits per heavy atom. The Bertz CT molecular complexity index is 254. The highest BCUT2D eigenvalue weighted by atomic mass is 15.1. The van der Waals surface area contributed by atoms with Crippen molar-refractivity contribution in [3.8, 4) is 0 Å². The molecule has 4 atom stereocenters. The molecule has 1 N–H and O–H groups in total. The van der Waals surface area contributed by atoms with Gasteiger partial charge in [0, 0.05) is 19.1 Å². The Hall–Kier alpha value is -0.0800. The van der Waals surface area contributed by atoms with Gasteiger partial charge in [0.25, 0.3) is 0 Å². The number of hydrogen-bond acceptors (Lipinski definition) is 2. The lowest BCUT2D eigenvalue weighted by atomic mass is 9.76. The smallest absolute Gasteiger partial charge is 0.0108 e. The third kappa shape index (κ3) is 6.69. The van der Waals surface area contributed by atoms with Crippen LogP contribution in [-0.2, 0) is 0 Å². The molecule has 0 aromatic rings. The van der Waals surface area contributed by atoms with Crippen molar-refractivity contribution in [1.29, 1.82) is 0 Å². The summed E-state index contributed by atoms with van der Waals surface area (Å²) < 4.78 is 0.